The highest BCUT2D eigenvalue weighted by molar-refractivity contribution is 7.99. The number of rotatable bonds is 4. The molecule has 0 fully saturated rings. The Hall–Kier alpha value is -1.61. The molecule has 0 amide bonds. The van der Waals surface area contributed by atoms with Gasteiger partial charge in [-0.25, -0.2) is 0 Å². The van der Waals surface area contributed by atoms with Crippen molar-refractivity contribution in [1.82, 2.24) is 4.98 Å². The van der Waals surface area contributed by atoms with Gasteiger partial charge >= 0.3 is 0 Å². The van der Waals surface area contributed by atoms with E-state index in [1.54, 1.807) is 24.2 Å². The summed E-state index contributed by atoms with van der Waals surface area (Å²) in [4.78, 5) is 17.7. The van der Waals surface area contributed by atoms with Gasteiger partial charge in [0.15, 0.2) is 5.78 Å². The fourth-order valence-corrected chi connectivity index (χ4v) is 2.26. The van der Waals surface area contributed by atoms with Crippen molar-refractivity contribution < 1.29 is 4.79 Å². The first-order chi connectivity index (χ1) is 8.29. The quantitative estimate of drug-likeness (QED) is 0.764. The molecule has 2 aromatic rings. The number of carbonyl (C=O) groups excluding carboxylic acids is 1. The topological polar surface area (TPSA) is 30.0 Å². The van der Waals surface area contributed by atoms with E-state index in [1.807, 2.05) is 43.3 Å². The number of hydrogen-bond donors (Lipinski definition) is 0. The van der Waals surface area contributed by atoms with Crippen LogP contribution in [0.5, 0.6) is 0 Å². The number of ketones is 1. The van der Waals surface area contributed by atoms with Crippen LogP contribution < -0.4 is 0 Å². The maximum absolute atomic E-state index is 11.5. The zero-order valence-corrected chi connectivity index (χ0v) is 10.4. The van der Waals surface area contributed by atoms with Gasteiger partial charge in [0.1, 0.15) is 0 Å². The average molecular weight is 243 g/mol. The molecule has 0 atom stereocenters. The first-order valence-electron chi connectivity index (χ1n) is 5.50. The third-order valence-corrected chi connectivity index (χ3v) is 3.40. The molecule has 0 radical (unpaired) electrons. The lowest BCUT2D eigenvalue weighted by atomic mass is 10.1. The van der Waals surface area contributed by atoms with Gasteiger partial charge in [-0.15, -0.1) is 0 Å². The van der Waals surface area contributed by atoms with Crippen LogP contribution in [0.3, 0.4) is 0 Å². The zero-order chi connectivity index (χ0) is 12.1. The molecular weight excluding hydrogens is 230 g/mol. The van der Waals surface area contributed by atoms with Crippen molar-refractivity contribution in [2.75, 3.05) is 0 Å². The highest BCUT2D eigenvalue weighted by Gasteiger charge is 2.03. The lowest BCUT2D eigenvalue weighted by molar-refractivity contribution is 0.0988. The summed E-state index contributed by atoms with van der Waals surface area (Å²) in [6.45, 7) is 1.88. The number of nitrogens with zero attached hydrogens (tertiary/aromatic N) is 1. The number of carbonyl (C=O) groups is 1. The second-order valence-corrected chi connectivity index (χ2v) is 4.73. The summed E-state index contributed by atoms with van der Waals surface area (Å²) < 4.78 is 0. The Labute approximate surface area is 105 Å². The second-order valence-electron chi connectivity index (χ2n) is 3.59. The van der Waals surface area contributed by atoms with Crippen molar-refractivity contribution in [3.8, 4) is 0 Å². The van der Waals surface area contributed by atoms with E-state index in [-0.39, 0.29) is 5.78 Å². The first-order valence-corrected chi connectivity index (χ1v) is 6.32. The molecule has 1 aromatic heterocycles. The lowest BCUT2D eigenvalue weighted by Crippen LogP contribution is -1.95. The Morgan fingerprint density at radius 3 is 2.24 bits per heavy atom. The number of pyridine rings is 1. The molecular formula is C14H13NOS. The Morgan fingerprint density at radius 1 is 1.06 bits per heavy atom. The minimum atomic E-state index is 0.186. The van der Waals surface area contributed by atoms with Gasteiger partial charge in [0.2, 0.25) is 0 Å². The molecule has 0 aliphatic rings. The molecule has 0 aliphatic carbocycles. The maximum Gasteiger partial charge on any atom is 0.162 e. The summed E-state index contributed by atoms with van der Waals surface area (Å²) >= 11 is 1.66. The van der Waals surface area contributed by atoms with Crippen LogP contribution in [0, 0.1) is 0 Å². The number of hydrogen-bond acceptors (Lipinski definition) is 3. The van der Waals surface area contributed by atoms with Crippen LogP contribution in [0.4, 0.5) is 0 Å². The Bertz CT molecular complexity index is 493. The Morgan fingerprint density at radius 2 is 1.65 bits per heavy atom. The Balaban J connectivity index is 2.11. The van der Waals surface area contributed by atoms with Gasteiger partial charge in [-0.05, 0) is 24.3 Å². The van der Waals surface area contributed by atoms with Gasteiger partial charge in [-0.1, -0.05) is 30.8 Å². The van der Waals surface area contributed by atoms with Gasteiger partial charge in [0.25, 0.3) is 0 Å². The summed E-state index contributed by atoms with van der Waals surface area (Å²) in [7, 11) is 0. The summed E-state index contributed by atoms with van der Waals surface area (Å²) in [6, 6.07) is 11.7. The van der Waals surface area contributed by atoms with Crippen LogP contribution >= 0.6 is 11.8 Å². The molecule has 2 rings (SSSR count). The fourth-order valence-electron chi connectivity index (χ4n) is 1.46. The summed E-state index contributed by atoms with van der Waals surface area (Å²) in [6.07, 6.45) is 4.10. The summed E-state index contributed by atoms with van der Waals surface area (Å²) in [5, 5.41) is 0. The Kier molecular flexibility index (Phi) is 3.94. The molecule has 17 heavy (non-hydrogen) atoms. The molecule has 0 saturated heterocycles. The monoisotopic (exact) mass is 243 g/mol. The lowest BCUT2D eigenvalue weighted by Gasteiger charge is -2.02. The van der Waals surface area contributed by atoms with Crippen molar-refractivity contribution >= 4 is 17.5 Å². The predicted molar refractivity (Wildman–Crippen MR) is 69.4 cm³/mol. The second kappa shape index (κ2) is 5.64. The molecule has 0 saturated carbocycles. The third-order valence-electron chi connectivity index (χ3n) is 2.38. The number of benzene rings is 1. The van der Waals surface area contributed by atoms with Crippen LogP contribution in [0.2, 0.25) is 0 Å². The average Bonchev–Trinajstić information content (AvgIpc) is 2.40. The molecule has 2 nitrogen and oxygen atoms in total. The molecule has 1 aromatic carbocycles. The molecule has 0 unspecified atom stereocenters. The van der Waals surface area contributed by atoms with E-state index in [0.717, 1.165) is 15.4 Å². The largest absolute Gasteiger partial charge is 0.294 e. The fraction of sp³-hybridized carbons (Fsp3) is 0.143. The highest BCUT2D eigenvalue weighted by atomic mass is 32.2. The number of Topliss-reactive ketones (excluding diaryl/α,β-unsaturated/α-hetero) is 1. The van der Waals surface area contributed by atoms with Crippen molar-refractivity contribution in [3.05, 3.63) is 54.4 Å². The van der Waals surface area contributed by atoms with E-state index in [2.05, 4.69) is 4.98 Å². The maximum atomic E-state index is 11.5. The smallest absolute Gasteiger partial charge is 0.162 e. The van der Waals surface area contributed by atoms with Crippen molar-refractivity contribution in [3.63, 3.8) is 0 Å². The molecule has 0 spiro atoms. The van der Waals surface area contributed by atoms with Crippen LogP contribution in [-0.4, -0.2) is 10.8 Å². The van der Waals surface area contributed by atoms with E-state index in [9.17, 15) is 4.79 Å². The molecule has 0 N–H and O–H groups in total. The van der Waals surface area contributed by atoms with Gasteiger partial charge in [-0.3, -0.25) is 9.78 Å². The van der Waals surface area contributed by atoms with E-state index in [1.165, 1.54) is 0 Å². The van der Waals surface area contributed by atoms with Crippen molar-refractivity contribution in [1.29, 1.82) is 0 Å². The summed E-state index contributed by atoms with van der Waals surface area (Å²) in [5.74, 6) is 0.186. The minimum absolute atomic E-state index is 0.186. The minimum Gasteiger partial charge on any atom is -0.294 e. The SMILES string of the molecule is CCC(=O)c1ccc(Sc2ccncc2)cc1. The zero-order valence-electron chi connectivity index (χ0n) is 9.59. The van der Waals surface area contributed by atoms with E-state index in [4.69, 9.17) is 0 Å². The van der Waals surface area contributed by atoms with E-state index < -0.39 is 0 Å². The molecule has 1 heterocycles. The van der Waals surface area contributed by atoms with Crippen LogP contribution in [0.25, 0.3) is 0 Å². The number of aromatic nitrogens is 1. The van der Waals surface area contributed by atoms with Crippen molar-refractivity contribution in [2.24, 2.45) is 0 Å². The van der Waals surface area contributed by atoms with Gasteiger partial charge < -0.3 is 0 Å². The molecule has 86 valence electrons. The van der Waals surface area contributed by atoms with Gasteiger partial charge in [0.05, 0.1) is 0 Å². The molecule has 0 aliphatic heterocycles. The molecule has 3 heteroatoms. The normalized spacial score (nSPS) is 10.2. The van der Waals surface area contributed by atoms with Crippen molar-refractivity contribution in [2.45, 2.75) is 23.1 Å². The first kappa shape index (κ1) is 11.9. The highest BCUT2D eigenvalue weighted by Crippen LogP contribution is 2.27. The standard InChI is InChI=1S/C14H13NOS/c1-2-14(16)11-3-5-12(6-4-11)17-13-7-9-15-10-8-13/h3-10H,2H2,1H3. The van der Waals surface area contributed by atoms with Gasteiger partial charge in [0, 0.05) is 34.2 Å². The van der Waals surface area contributed by atoms with Crippen LogP contribution in [-0.2, 0) is 0 Å². The predicted octanol–water partition coefficient (Wildman–Crippen LogP) is 3.83. The van der Waals surface area contributed by atoms with E-state index in [0.29, 0.717) is 6.42 Å². The van der Waals surface area contributed by atoms with E-state index >= 15 is 0 Å². The van der Waals surface area contributed by atoms with Gasteiger partial charge in [-0.2, -0.15) is 0 Å². The van der Waals surface area contributed by atoms with Crippen LogP contribution in [0.15, 0.2) is 58.6 Å². The third kappa shape index (κ3) is 3.17. The van der Waals surface area contributed by atoms with Crippen LogP contribution in [0.1, 0.15) is 23.7 Å². The summed E-state index contributed by atoms with van der Waals surface area (Å²) in [5.41, 5.74) is 0.784. The molecule has 0 bridgehead atoms.